The molecule has 0 radical (unpaired) electrons. The number of urea groups is 1. The fourth-order valence-electron chi connectivity index (χ4n) is 1.91. The van der Waals surface area contributed by atoms with Crippen molar-refractivity contribution in [2.75, 3.05) is 13.1 Å². The zero-order valence-corrected chi connectivity index (χ0v) is 9.64. The zero-order chi connectivity index (χ0) is 12.3. The Morgan fingerprint density at radius 2 is 2.19 bits per heavy atom. The van der Waals surface area contributed by atoms with E-state index in [0.29, 0.717) is 19.5 Å². The first-order valence-corrected chi connectivity index (χ1v) is 5.44. The average Bonchev–Trinajstić information content (AvgIpc) is 2.20. The third-order valence-corrected chi connectivity index (χ3v) is 3.06. The predicted octanol–water partition coefficient (Wildman–Crippen LogP) is -0.727. The summed E-state index contributed by atoms with van der Waals surface area (Å²) in [5.41, 5.74) is 4.88. The molecule has 1 aliphatic rings. The highest BCUT2D eigenvalue weighted by Gasteiger charge is 2.30. The lowest BCUT2D eigenvalue weighted by atomic mass is 9.95. The van der Waals surface area contributed by atoms with Gasteiger partial charge in [-0.1, -0.05) is 6.92 Å². The lowest BCUT2D eigenvalue weighted by molar-refractivity contribution is -0.126. The maximum Gasteiger partial charge on any atom is 0.318 e. The minimum Gasteiger partial charge on any atom is -0.393 e. The van der Waals surface area contributed by atoms with E-state index in [1.807, 2.05) is 11.8 Å². The molecule has 0 spiro atoms. The van der Waals surface area contributed by atoms with Crippen LogP contribution in [-0.2, 0) is 4.79 Å². The summed E-state index contributed by atoms with van der Waals surface area (Å²) < 4.78 is 0. The van der Waals surface area contributed by atoms with Crippen LogP contribution in [0.3, 0.4) is 0 Å². The molecule has 3 amide bonds. The van der Waals surface area contributed by atoms with Crippen molar-refractivity contribution in [3.63, 3.8) is 0 Å². The summed E-state index contributed by atoms with van der Waals surface area (Å²) in [7, 11) is 0. The average molecular weight is 229 g/mol. The normalized spacial score (nSPS) is 28.4. The molecule has 3 atom stereocenters. The second-order valence-corrected chi connectivity index (χ2v) is 4.36. The summed E-state index contributed by atoms with van der Waals surface area (Å²) in [6, 6.07) is -1.23. The van der Waals surface area contributed by atoms with Gasteiger partial charge in [-0.2, -0.15) is 0 Å². The highest BCUT2D eigenvalue weighted by atomic mass is 16.3. The molecule has 0 aliphatic carbocycles. The minimum absolute atomic E-state index is 0.137. The van der Waals surface area contributed by atoms with Crippen LogP contribution >= 0.6 is 0 Å². The summed E-state index contributed by atoms with van der Waals surface area (Å²) in [5.74, 6) is -0.256. The van der Waals surface area contributed by atoms with E-state index in [0.717, 1.165) is 0 Å². The van der Waals surface area contributed by atoms with Gasteiger partial charge < -0.3 is 10.8 Å². The van der Waals surface area contributed by atoms with Crippen LogP contribution in [0.2, 0.25) is 0 Å². The van der Waals surface area contributed by atoms with Gasteiger partial charge >= 0.3 is 6.03 Å². The number of aliphatic hydroxyl groups excluding tert-OH is 1. The number of piperidine rings is 1. The number of amides is 3. The van der Waals surface area contributed by atoms with Gasteiger partial charge in [0.1, 0.15) is 0 Å². The number of rotatable bonds is 2. The Hall–Kier alpha value is -1.14. The third kappa shape index (κ3) is 3.18. The number of carbonyl (C=O) groups is 2. The first kappa shape index (κ1) is 12.9. The molecule has 1 saturated heterocycles. The number of carbonyl (C=O) groups excluding carboxylic acids is 2. The van der Waals surface area contributed by atoms with Gasteiger partial charge in [0.25, 0.3) is 0 Å². The van der Waals surface area contributed by atoms with E-state index in [9.17, 15) is 14.7 Å². The van der Waals surface area contributed by atoms with E-state index in [2.05, 4.69) is 5.32 Å². The quantitative estimate of drug-likeness (QED) is 0.582. The van der Waals surface area contributed by atoms with Crippen molar-refractivity contribution in [2.24, 2.45) is 11.7 Å². The topological polar surface area (TPSA) is 95.7 Å². The number of nitrogens with two attached hydrogens (primary N) is 1. The Balaban J connectivity index is 2.51. The van der Waals surface area contributed by atoms with E-state index >= 15 is 0 Å². The number of nitrogens with one attached hydrogen (secondary N) is 1. The summed E-state index contributed by atoms with van der Waals surface area (Å²) in [5, 5.41) is 11.6. The van der Waals surface area contributed by atoms with E-state index in [1.54, 1.807) is 6.92 Å². The number of hydrogen-bond acceptors (Lipinski definition) is 4. The predicted molar refractivity (Wildman–Crippen MR) is 58.5 cm³/mol. The van der Waals surface area contributed by atoms with Crippen molar-refractivity contribution >= 4 is 11.9 Å². The Kier molecular flexibility index (Phi) is 4.26. The number of imide groups is 1. The molecule has 0 aromatic heterocycles. The van der Waals surface area contributed by atoms with E-state index < -0.39 is 18.0 Å². The maximum atomic E-state index is 11.5. The fourth-order valence-corrected chi connectivity index (χ4v) is 1.91. The molecule has 0 saturated carbocycles. The monoisotopic (exact) mass is 229 g/mol. The SMILES string of the molecule is CC1CN(C(C)C(=O)NC(N)=O)CCC1O. The number of likely N-dealkylation sites (tertiary alicyclic amines) is 1. The van der Waals surface area contributed by atoms with Crippen LogP contribution in [0.4, 0.5) is 4.79 Å². The van der Waals surface area contributed by atoms with Crippen LogP contribution in [0.1, 0.15) is 20.3 Å². The van der Waals surface area contributed by atoms with Crippen LogP contribution in [0.25, 0.3) is 0 Å². The van der Waals surface area contributed by atoms with Gasteiger partial charge in [-0.15, -0.1) is 0 Å². The second-order valence-electron chi connectivity index (χ2n) is 4.36. The van der Waals surface area contributed by atoms with Crippen LogP contribution in [0, 0.1) is 5.92 Å². The smallest absolute Gasteiger partial charge is 0.318 e. The highest BCUT2D eigenvalue weighted by molar-refractivity contribution is 5.96. The lowest BCUT2D eigenvalue weighted by Gasteiger charge is -2.37. The standard InChI is InChI=1S/C10H19N3O3/c1-6-5-13(4-3-8(6)14)7(2)9(15)12-10(11)16/h6-8,14H,3-5H2,1-2H3,(H3,11,12,15,16). The molecule has 3 unspecified atom stereocenters. The molecule has 0 aromatic carbocycles. The maximum absolute atomic E-state index is 11.5. The van der Waals surface area contributed by atoms with Crippen molar-refractivity contribution in [3.05, 3.63) is 0 Å². The van der Waals surface area contributed by atoms with Crippen LogP contribution in [0.15, 0.2) is 0 Å². The van der Waals surface area contributed by atoms with Crippen molar-refractivity contribution in [2.45, 2.75) is 32.4 Å². The molecule has 4 N–H and O–H groups in total. The van der Waals surface area contributed by atoms with Gasteiger partial charge in [-0.05, 0) is 19.3 Å². The summed E-state index contributed by atoms with van der Waals surface area (Å²) in [6.07, 6.45) is 0.345. The molecule has 0 bridgehead atoms. The molecule has 6 nitrogen and oxygen atoms in total. The summed E-state index contributed by atoms with van der Waals surface area (Å²) in [4.78, 5) is 24.0. The van der Waals surface area contributed by atoms with Crippen molar-refractivity contribution < 1.29 is 14.7 Å². The zero-order valence-electron chi connectivity index (χ0n) is 9.64. The van der Waals surface area contributed by atoms with Crippen molar-refractivity contribution in [3.8, 4) is 0 Å². The molecule has 16 heavy (non-hydrogen) atoms. The minimum atomic E-state index is -0.832. The molecule has 1 rings (SSSR count). The Bertz CT molecular complexity index is 282. The van der Waals surface area contributed by atoms with Gasteiger partial charge in [-0.25, -0.2) is 4.79 Å². The molecule has 6 heteroatoms. The van der Waals surface area contributed by atoms with E-state index in [4.69, 9.17) is 5.73 Å². The lowest BCUT2D eigenvalue weighted by Crippen LogP contribution is -2.53. The van der Waals surface area contributed by atoms with Crippen molar-refractivity contribution in [1.29, 1.82) is 0 Å². The van der Waals surface area contributed by atoms with E-state index in [1.165, 1.54) is 0 Å². The first-order chi connectivity index (χ1) is 7.41. The Labute approximate surface area is 94.8 Å². The fraction of sp³-hybridized carbons (Fsp3) is 0.800. The summed E-state index contributed by atoms with van der Waals surface area (Å²) >= 11 is 0. The molecule has 1 aliphatic heterocycles. The largest absolute Gasteiger partial charge is 0.393 e. The van der Waals surface area contributed by atoms with Crippen molar-refractivity contribution in [1.82, 2.24) is 10.2 Å². The molecule has 1 fully saturated rings. The van der Waals surface area contributed by atoms with Crippen LogP contribution < -0.4 is 11.1 Å². The highest BCUT2D eigenvalue weighted by Crippen LogP contribution is 2.18. The second kappa shape index (κ2) is 5.27. The van der Waals surface area contributed by atoms with Gasteiger partial charge in [0.05, 0.1) is 12.1 Å². The molecular formula is C10H19N3O3. The Morgan fingerprint density at radius 1 is 1.56 bits per heavy atom. The van der Waals surface area contributed by atoms with E-state index in [-0.39, 0.29) is 12.0 Å². The molecule has 92 valence electrons. The summed E-state index contributed by atoms with van der Waals surface area (Å²) in [6.45, 7) is 4.96. The third-order valence-electron chi connectivity index (χ3n) is 3.06. The number of nitrogens with zero attached hydrogens (tertiary/aromatic N) is 1. The molecule has 0 aromatic rings. The number of primary amides is 1. The Morgan fingerprint density at radius 3 is 2.69 bits per heavy atom. The van der Waals surface area contributed by atoms with Gasteiger partial charge in [0, 0.05) is 13.1 Å². The van der Waals surface area contributed by atoms with Gasteiger partial charge in [-0.3, -0.25) is 15.0 Å². The van der Waals surface area contributed by atoms with Gasteiger partial charge in [0.2, 0.25) is 5.91 Å². The molecule has 1 heterocycles. The number of hydrogen-bond donors (Lipinski definition) is 3. The molecular weight excluding hydrogens is 210 g/mol. The first-order valence-electron chi connectivity index (χ1n) is 5.44. The number of aliphatic hydroxyl groups is 1. The van der Waals surface area contributed by atoms with Crippen LogP contribution in [-0.4, -0.2) is 47.2 Å². The van der Waals surface area contributed by atoms with Gasteiger partial charge in [0.15, 0.2) is 0 Å². The van der Waals surface area contributed by atoms with Crippen LogP contribution in [0.5, 0.6) is 0 Å².